The van der Waals surface area contributed by atoms with Gasteiger partial charge < -0.3 is 19.7 Å². The molecule has 2 N–H and O–H groups in total. The zero-order valence-corrected chi connectivity index (χ0v) is 9.93. The summed E-state index contributed by atoms with van der Waals surface area (Å²) < 4.78 is 11.4. The van der Waals surface area contributed by atoms with Crippen molar-refractivity contribution >= 4 is 0 Å². The number of hydrogen-bond acceptors (Lipinski definition) is 4. The quantitative estimate of drug-likeness (QED) is 0.820. The summed E-state index contributed by atoms with van der Waals surface area (Å²) in [4.78, 5) is 0. The first kappa shape index (κ1) is 12.5. The lowest BCUT2D eigenvalue weighted by atomic mass is 9.90. The highest BCUT2D eigenvalue weighted by molar-refractivity contribution is 5.20. The van der Waals surface area contributed by atoms with Crippen molar-refractivity contribution in [2.45, 2.75) is 12.7 Å². The van der Waals surface area contributed by atoms with Crippen molar-refractivity contribution in [2.24, 2.45) is 5.41 Å². The van der Waals surface area contributed by atoms with Gasteiger partial charge in [0.05, 0.1) is 31.8 Å². The average Bonchev–Trinajstić information content (AvgIpc) is 2.41. The lowest BCUT2D eigenvalue weighted by Gasteiger charge is -2.43. The largest absolute Gasteiger partial charge is 0.396 e. The van der Waals surface area contributed by atoms with Gasteiger partial charge in [0.2, 0.25) is 0 Å². The summed E-state index contributed by atoms with van der Waals surface area (Å²) in [6, 6.07) is 9.65. The van der Waals surface area contributed by atoms with Crippen molar-refractivity contribution in [3.63, 3.8) is 0 Å². The molecule has 94 valence electrons. The molecule has 1 aromatic rings. The summed E-state index contributed by atoms with van der Waals surface area (Å²) in [6.45, 7) is 2.13. The lowest BCUT2D eigenvalue weighted by Crippen LogP contribution is -2.50. The second-order valence-electron chi connectivity index (χ2n) is 4.71. The summed E-state index contributed by atoms with van der Waals surface area (Å²) in [5.41, 5.74) is 0.248. The molecule has 4 nitrogen and oxygen atoms in total. The second-order valence-corrected chi connectivity index (χ2v) is 4.71. The Morgan fingerprint density at radius 3 is 2.06 bits per heavy atom. The summed E-state index contributed by atoms with van der Waals surface area (Å²) in [6.07, 6.45) is 0. The average molecular weight is 238 g/mol. The number of benzene rings is 1. The molecule has 4 heteroatoms. The molecule has 1 saturated heterocycles. The first-order valence-electron chi connectivity index (χ1n) is 5.69. The standard InChI is InChI=1S/C13H18O4/c1-12(11-5-3-2-4-6-11)16-9-13(7-14,8-15)10-17-12/h2-6,14-15H,7-10H2,1H3. The minimum absolute atomic E-state index is 0.144. The van der Waals surface area contributed by atoms with Crippen molar-refractivity contribution in [2.75, 3.05) is 26.4 Å². The molecule has 1 fully saturated rings. The lowest BCUT2D eigenvalue weighted by molar-refractivity contribution is -0.312. The van der Waals surface area contributed by atoms with E-state index in [1.807, 2.05) is 37.3 Å². The molecule has 0 saturated carbocycles. The smallest absolute Gasteiger partial charge is 0.191 e. The fraction of sp³-hybridized carbons (Fsp3) is 0.538. The van der Waals surface area contributed by atoms with Crippen molar-refractivity contribution in [1.82, 2.24) is 0 Å². The van der Waals surface area contributed by atoms with Gasteiger partial charge in [0.25, 0.3) is 0 Å². The van der Waals surface area contributed by atoms with E-state index in [9.17, 15) is 10.2 Å². The summed E-state index contributed by atoms with van der Waals surface area (Å²) >= 11 is 0. The van der Waals surface area contributed by atoms with Gasteiger partial charge in [0.1, 0.15) is 0 Å². The minimum atomic E-state index is -0.797. The zero-order chi connectivity index (χ0) is 12.4. The first-order chi connectivity index (χ1) is 8.14. The molecule has 0 aliphatic carbocycles. The van der Waals surface area contributed by atoms with E-state index in [2.05, 4.69) is 0 Å². The molecule has 0 bridgehead atoms. The molecule has 0 unspecified atom stereocenters. The molecule has 1 aliphatic rings. The van der Waals surface area contributed by atoms with Crippen LogP contribution in [0.3, 0.4) is 0 Å². The highest BCUT2D eigenvalue weighted by atomic mass is 16.7. The van der Waals surface area contributed by atoms with Gasteiger partial charge in [-0.25, -0.2) is 0 Å². The van der Waals surface area contributed by atoms with Crippen molar-refractivity contribution < 1.29 is 19.7 Å². The fourth-order valence-electron chi connectivity index (χ4n) is 1.81. The van der Waals surface area contributed by atoms with E-state index in [1.54, 1.807) is 0 Å². The van der Waals surface area contributed by atoms with Gasteiger partial charge in [-0.2, -0.15) is 0 Å². The van der Waals surface area contributed by atoms with E-state index < -0.39 is 11.2 Å². The summed E-state index contributed by atoms with van der Waals surface area (Å²) in [7, 11) is 0. The van der Waals surface area contributed by atoms with Crippen LogP contribution in [-0.2, 0) is 15.3 Å². The molecule has 0 spiro atoms. The molecule has 1 aliphatic heterocycles. The molecule has 0 amide bonds. The first-order valence-corrected chi connectivity index (χ1v) is 5.69. The van der Waals surface area contributed by atoms with Crippen LogP contribution < -0.4 is 0 Å². The number of hydrogen-bond donors (Lipinski definition) is 2. The number of aliphatic hydroxyl groups is 2. The van der Waals surface area contributed by atoms with Crippen LogP contribution in [0.2, 0.25) is 0 Å². The number of aliphatic hydroxyl groups excluding tert-OH is 2. The van der Waals surface area contributed by atoms with Gasteiger partial charge in [-0.3, -0.25) is 0 Å². The van der Waals surface area contributed by atoms with Crippen molar-refractivity contribution in [3.05, 3.63) is 35.9 Å². The Morgan fingerprint density at radius 2 is 1.59 bits per heavy atom. The van der Waals surface area contributed by atoms with Gasteiger partial charge in [-0.05, 0) is 6.92 Å². The van der Waals surface area contributed by atoms with Crippen LogP contribution in [0.1, 0.15) is 12.5 Å². The third-order valence-electron chi connectivity index (χ3n) is 3.28. The Balaban J connectivity index is 2.12. The summed E-state index contributed by atoms with van der Waals surface area (Å²) in [5.74, 6) is -0.797. The van der Waals surface area contributed by atoms with Crippen LogP contribution in [0.4, 0.5) is 0 Å². The van der Waals surface area contributed by atoms with E-state index in [4.69, 9.17) is 9.47 Å². The molecule has 0 aromatic heterocycles. The molecule has 0 atom stereocenters. The van der Waals surface area contributed by atoms with Crippen LogP contribution in [0, 0.1) is 5.41 Å². The number of ether oxygens (including phenoxy) is 2. The van der Waals surface area contributed by atoms with E-state index in [1.165, 1.54) is 0 Å². The molecule has 1 heterocycles. The van der Waals surface area contributed by atoms with Crippen LogP contribution in [0.5, 0.6) is 0 Å². The fourth-order valence-corrected chi connectivity index (χ4v) is 1.81. The van der Waals surface area contributed by atoms with Crippen molar-refractivity contribution in [1.29, 1.82) is 0 Å². The monoisotopic (exact) mass is 238 g/mol. The van der Waals surface area contributed by atoms with E-state index in [0.29, 0.717) is 0 Å². The molecular formula is C13H18O4. The molecule has 2 rings (SSSR count). The molecular weight excluding hydrogens is 220 g/mol. The van der Waals surface area contributed by atoms with Gasteiger partial charge >= 0.3 is 0 Å². The summed E-state index contributed by atoms with van der Waals surface area (Å²) in [5, 5.41) is 18.5. The van der Waals surface area contributed by atoms with Crippen LogP contribution in [0.15, 0.2) is 30.3 Å². The van der Waals surface area contributed by atoms with E-state index in [-0.39, 0.29) is 26.4 Å². The van der Waals surface area contributed by atoms with Crippen LogP contribution in [0.25, 0.3) is 0 Å². The normalized spacial score (nSPS) is 22.3. The Labute approximate surface area is 101 Å². The Bertz CT molecular complexity index is 349. The van der Waals surface area contributed by atoms with Crippen molar-refractivity contribution in [3.8, 4) is 0 Å². The van der Waals surface area contributed by atoms with Gasteiger partial charge in [-0.1, -0.05) is 30.3 Å². The van der Waals surface area contributed by atoms with Gasteiger partial charge in [0.15, 0.2) is 5.79 Å². The highest BCUT2D eigenvalue weighted by Crippen LogP contribution is 2.35. The Kier molecular flexibility index (Phi) is 3.49. The zero-order valence-electron chi connectivity index (χ0n) is 9.93. The van der Waals surface area contributed by atoms with Crippen LogP contribution >= 0.6 is 0 Å². The Hall–Kier alpha value is -0.940. The second kappa shape index (κ2) is 4.74. The van der Waals surface area contributed by atoms with E-state index in [0.717, 1.165) is 5.56 Å². The Morgan fingerprint density at radius 1 is 1.06 bits per heavy atom. The third kappa shape index (κ3) is 2.35. The van der Waals surface area contributed by atoms with E-state index >= 15 is 0 Å². The SMILES string of the molecule is CC1(c2ccccc2)OCC(CO)(CO)CO1. The maximum Gasteiger partial charge on any atom is 0.191 e. The minimum Gasteiger partial charge on any atom is -0.396 e. The third-order valence-corrected chi connectivity index (χ3v) is 3.28. The molecule has 0 radical (unpaired) electrons. The predicted molar refractivity (Wildman–Crippen MR) is 62.3 cm³/mol. The number of rotatable bonds is 3. The molecule has 17 heavy (non-hydrogen) atoms. The highest BCUT2D eigenvalue weighted by Gasteiger charge is 2.42. The van der Waals surface area contributed by atoms with Gasteiger partial charge in [-0.15, -0.1) is 0 Å². The molecule has 1 aromatic carbocycles. The maximum atomic E-state index is 9.26. The van der Waals surface area contributed by atoms with Crippen LogP contribution in [-0.4, -0.2) is 36.6 Å². The van der Waals surface area contributed by atoms with Gasteiger partial charge in [0, 0.05) is 5.56 Å². The maximum absolute atomic E-state index is 9.26. The predicted octanol–water partition coefficient (Wildman–Crippen LogP) is 0.877. The topological polar surface area (TPSA) is 58.9 Å².